The fourth-order valence-electron chi connectivity index (χ4n) is 4.02. The number of amides is 1. The molecule has 1 fully saturated rings. The van der Waals surface area contributed by atoms with Crippen LogP contribution in [-0.2, 0) is 10.2 Å². The average Bonchev–Trinajstić information content (AvgIpc) is 3.13. The third kappa shape index (κ3) is 4.46. The number of hydrogen-bond donors (Lipinski definition) is 1. The third-order valence-electron chi connectivity index (χ3n) is 5.76. The van der Waals surface area contributed by atoms with Crippen molar-refractivity contribution in [2.45, 2.75) is 25.2 Å². The van der Waals surface area contributed by atoms with Crippen LogP contribution in [-0.4, -0.2) is 30.8 Å². The highest BCUT2D eigenvalue weighted by Crippen LogP contribution is 2.38. The topological polar surface area (TPSA) is 64.4 Å². The molecule has 2 heterocycles. The van der Waals surface area contributed by atoms with Gasteiger partial charge in [0.15, 0.2) is 0 Å². The van der Waals surface area contributed by atoms with E-state index in [0.717, 1.165) is 18.4 Å². The predicted molar refractivity (Wildman–Crippen MR) is 122 cm³/mol. The molecule has 1 aliphatic heterocycles. The fraction of sp³-hybridized carbons (Fsp3) is 0.304. The monoisotopic (exact) mass is 478 g/mol. The van der Waals surface area contributed by atoms with Crippen molar-refractivity contribution in [3.05, 3.63) is 74.4 Å². The van der Waals surface area contributed by atoms with Crippen LogP contribution in [0.4, 0.5) is 0 Å². The first-order chi connectivity index (χ1) is 14.9. The Labute approximate surface area is 195 Å². The molecule has 1 amide bonds. The van der Waals surface area contributed by atoms with Gasteiger partial charge in [-0.1, -0.05) is 58.2 Å². The number of aromatic nitrogens is 1. The van der Waals surface area contributed by atoms with Gasteiger partial charge < -0.3 is 14.6 Å². The van der Waals surface area contributed by atoms with E-state index in [9.17, 15) is 4.79 Å². The SMILES string of the molecule is Cc1onc(-c2c(Cl)cccc2Cl)c1C(=O)NCC1(c2cccc(Cl)c2)CCOCC1. The summed E-state index contributed by atoms with van der Waals surface area (Å²) in [4.78, 5) is 13.3. The summed E-state index contributed by atoms with van der Waals surface area (Å²) in [7, 11) is 0. The van der Waals surface area contributed by atoms with Crippen molar-refractivity contribution in [2.24, 2.45) is 0 Å². The number of halogens is 3. The van der Waals surface area contributed by atoms with Crippen LogP contribution in [0.1, 0.15) is 34.5 Å². The molecule has 1 N–H and O–H groups in total. The van der Waals surface area contributed by atoms with E-state index in [-0.39, 0.29) is 11.3 Å². The number of ether oxygens (including phenoxy) is 1. The maximum atomic E-state index is 13.3. The number of aryl methyl sites for hydroxylation is 1. The van der Waals surface area contributed by atoms with Crippen molar-refractivity contribution in [1.82, 2.24) is 10.5 Å². The first-order valence-corrected chi connectivity index (χ1v) is 11.1. The first-order valence-electron chi connectivity index (χ1n) is 9.94. The zero-order chi connectivity index (χ0) is 22.0. The Hall–Kier alpha value is -2.05. The van der Waals surface area contributed by atoms with E-state index in [1.807, 2.05) is 24.3 Å². The molecule has 31 heavy (non-hydrogen) atoms. The molecular weight excluding hydrogens is 459 g/mol. The van der Waals surface area contributed by atoms with E-state index >= 15 is 0 Å². The summed E-state index contributed by atoms with van der Waals surface area (Å²) in [6.45, 7) is 3.36. The lowest BCUT2D eigenvalue weighted by molar-refractivity contribution is 0.0487. The predicted octanol–water partition coefficient (Wildman–Crippen LogP) is 6.09. The minimum absolute atomic E-state index is 0.272. The van der Waals surface area contributed by atoms with Crippen molar-refractivity contribution in [2.75, 3.05) is 19.8 Å². The molecular formula is C23H21Cl3N2O3. The highest BCUT2D eigenvalue weighted by atomic mass is 35.5. The molecule has 8 heteroatoms. The van der Waals surface area contributed by atoms with Crippen molar-refractivity contribution in [1.29, 1.82) is 0 Å². The molecule has 0 spiro atoms. The Morgan fingerprint density at radius 2 is 1.77 bits per heavy atom. The molecule has 1 aliphatic rings. The van der Waals surface area contributed by atoms with Gasteiger partial charge in [0.05, 0.1) is 10.0 Å². The summed E-state index contributed by atoms with van der Waals surface area (Å²) in [5, 5.41) is 8.61. The standard InChI is InChI=1S/C23H21Cl3N2O3/c1-14-19(21(28-31-14)20-17(25)6-3-7-18(20)26)22(29)27-13-23(8-10-30-11-9-23)15-4-2-5-16(24)12-15/h2-7,12H,8-11,13H2,1H3,(H,27,29). The Kier molecular flexibility index (Phi) is 6.58. The van der Waals surface area contributed by atoms with E-state index in [2.05, 4.69) is 10.5 Å². The molecule has 1 aromatic heterocycles. The molecule has 4 rings (SSSR count). The summed E-state index contributed by atoms with van der Waals surface area (Å²) in [6, 6.07) is 12.9. The second-order valence-corrected chi connectivity index (χ2v) is 8.90. The lowest BCUT2D eigenvalue weighted by atomic mass is 9.74. The van der Waals surface area contributed by atoms with Crippen molar-refractivity contribution < 1.29 is 14.1 Å². The molecule has 0 atom stereocenters. The summed E-state index contributed by atoms with van der Waals surface area (Å²) in [6.07, 6.45) is 1.55. The normalized spacial score (nSPS) is 15.6. The Bertz CT molecular complexity index is 1090. The van der Waals surface area contributed by atoms with E-state index < -0.39 is 0 Å². The molecule has 0 saturated carbocycles. The van der Waals surface area contributed by atoms with Gasteiger partial charge >= 0.3 is 0 Å². The number of nitrogens with zero attached hydrogens (tertiary/aromatic N) is 1. The fourth-order valence-corrected chi connectivity index (χ4v) is 4.79. The molecule has 0 unspecified atom stereocenters. The molecule has 0 radical (unpaired) electrons. The highest BCUT2D eigenvalue weighted by Gasteiger charge is 2.36. The number of carbonyl (C=O) groups is 1. The van der Waals surface area contributed by atoms with Crippen molar-refractivity contribution >= 4 is 40.7 Å². The number of hydrogen-bond acceptors (Lipinski definition) is 4. The van der Waals surface area contributed by atoms with Gasteiger partial charge in [-0.25, -0.2) is 0 Å². The second-order valence-electron chi connectivity index (χ2n) is 7.64. The third-order valence-corrected chi connectivity index (χ3v) is 6.63. The van der Waals surface area contributed by atoms with Crippen LogP contribution < -0.4 is 5.32 Å². The number of carbonyl (C=O) groups excluding carboxylic acids is 1. The van der Waals surface area contributed by atoms with Gasteiger partial charge in [-0.05, 0) is 49.6 Å². The van der Waals surface area contributed by atoms with E-state index in [1.54, 1.807) is 25.1 Å². The van der Waals surface area contributed by atoms with E-state index in [4.69, 9.17) is 44.1 Å². The summed E-state index contributed by atoms with van der Waals surface area (Å²) in [5.41, 5.74) is 1.94. The lowest BCUT2D eigenvalue weighted by Gasteiger charge is -2.38. The van der Waals surface area contributed by atoms with Crippen LogP contribution in [0.2, 0.25) is 15.1 Å². The smallest absolute Gasteiger partial charge is 0.257 e. The Balaban J connectivity index is 1.64. The van der Waals surface area contributed by atoms with Gasteiger partial charge in [0.2, 0.25) is 0 Å². The van der Waals surface area contributed by atoms with Crippen LogP contribution in [0.25, 0.3) is 11.3 Å². The molecule has 1 saturated heterocycles. The first kappa shape index (κ1) is 22.2. The van der Waals surface area contributed by atoms with Crippen molar-refractivity contribution in [3.8, 4) is 11.3 Å². The van der Waals surface area contributed by atoms with Gasteiger partial charge in [-0.3, -0.25) is 4.79 Å². The highest BCUT2D eigenvalue weighted by molar-refractivity contribution is 6.39. The largest absolute Gasteiger partial charge is 0.381 e. The van der Waals surface area contributed by atoms with Crippen LogP contribution in [0.3, 0.4) is 0 Å². The summed E-state index contributed by atoms with van der Waals surface area (Å²) >= 11 is 18.9. The summed E-state index contributed by atoms with van der Waals surface area (Å²) < 4.78 is 10.9. The zero-order valence-electron chi connectivity index (χ0n) is 16.9. The van der Waals surface area contributed by atoms with E-state index in [0.29, 0.717) is 57.4 Å². The molecule has 0 bridgehead atoms. The van der Waals surface area contributed by atoms with Gasteiger partial charge in [-0.2, -0.15) is 0 Å². The molecule has 3 aromatic rings. The minimum atomic E-state index is -0.294. The van der Waals surface area contributed by atoms with Gasteiger partial charge in [-0.15, -0.1) is 0 Å². The second kappa shape index (κ2) is 9.21. The average molecular weight is 480 g/mol. The van der Waals surface area contributed by atoms with Crippen LogP contribution in [0, 0.1) is 6.92 Å². The zero-order valence-corrected chi connectivity index (χ0v) is 19.2. The quantitative estimate of drug-likeness (QED) is 0.481. The van der Waals surface area contributed by atoms with Gasteiger partial charge in [0, 0.05) is 35.8 Å². The maximum Gasteiger partial charge on any atom is 0.257 e. The lowest BCUT2D eigenvalue weighted by Crippen LogP contribution is -2.44. The summed E-state index contributed by atoms with van der Waals surface area (Å²) in [5.74, 6) is 0.102. The molecule has 0 aliphatic carbocycles. The number of rotatable bonds is 5. The molecule has 162 valence electrons. The van der Waals surface area contributed by atoms with Crippen LogP contribution in [0.15, 0.2) is 47.0 Å². The minimum Gasteiger partial charge on any atom is -0.381 e. The van der Waals surface area contributed by atoms with Gasteiger partial charge in [0.1, 0.15) is 17.0 Å². The maximum absolute atomic E-state index is 13.3. The van der Waals surface area contributed by atoms with E-state index in [1.165, 1.54) is 0 Å². The van der Waals surface area contributed by atoms with Gasteiger partial charge in [0.25, 0.3) is 5.91 Å². The number of nitrogens with one attached hydrogen (secondary N) is 1. The Morgan fingerprint density at radius 1 is 1.10 bits per heavy atom. The van der Waals surface area contributed by atoms with Crippen LogP contribution >= 0.6 is 34.8 Å². The van der Waals surface area contributed by atoms with Crippen LogP contribution in [0.5, 0.6) is 0 Å². The molecule has 2 aromatic carbocycles. The van der Waals surface area contributed by atoms with Crippen molar-refractivity contribution in [3.63, 3.8) is 0 Å². The molecule has 5 nitrogen and oxygen atoms in total. The number of benzene rings is 2. The Morgan fingerprint density at radius 3 is 2.45 bits per heavy atom.